The van der Waals surface area contributed by atoms with Crippen LogP contribution in [0.5, 0.6) is 0 Å². The summed E-state index contributed by atoms with van der Waals surface area (Å²) in [4.78, 5) is 49.6. The van der Waals surface area contributed by atoms with Crippen LogP contribution in [0.15, 0.2) is 24.3 Å². The number of nitrogens with zero attached hydrogens (tertiary/aromatic N) is 1. The van der Waals surface area contributed by atoms with Crippen LogP contribution in [0.25, 0.3) is 0 Å². The van der Waals surface area contributed by atoms with Crippen LogP contribution >= 0.6 is 11.6 Å². The van der Waals surface area contributed by atoms with Crippen LogP contribution < -0.4 is 10.6 Å². The summed E-state index contributed by atoms with van der Waals surface area (Å²) in [5.74, 6) is -2.83. The normalized spacial score (nSPS) is 15.9. The van der Waals surface area contributed by atoms with Gasteiger partial charge < -0.3 is 29.7 Å². The zero-order valence-electron chi connectivity index (χ0n) is 20.4. The van der Waals surface area contributed by atoms with Crippen molar-refractivity contribution in [2.45, 2.75) is 32.8 Å². The maximum Gasteiger partial charge on any atom is 0.407 e. The van der Waals surface area contributed by atoms with E-state index >= 15 is 0 Å². The highest BCUT2D eigenvalue weighted by molar-refractivity contribution is 6.42. The van der Waals surface area contributed by atoms with Crippen molar-refractivity contribution in [2.75, 3.05) is 52.6 Å². The highest BCUT2D eigenvalue weighted by Crippen LogP contribution is 2.15. The molecule has 0 radical (unpaired) electrons. The summed E-state index contributed by atoms with van der Waals surface area (Å²) in [5, 5.41) is 5.94. The molecule has 0 aromatic heterocycles. The van der Waals surface area contributed by atoms with Gasteiger partial charge in [-0.05, 0) is 44.9 Å². The molecular formula is C24H34ClN3O7. The molecular weight excluding hydrogens is 478 g/mol. The van der Waals surface area contributed by atoms with Crippen molar-refractivity contribution in [1.29, 1.82) is 0 Å². The SMILES string of the molecule is CC(C)(C)OC(=O)NCCOCCOCCN1CC(C(=O)NCCc2ccc(Cl)cc2)C(=O)C1=O. The highest BCUT2D eigenvalue weighted by Gasteiger charge is 2.42. The molecule has 3 amide bonds. The predicted octanol–water partition coefficient (Wildman–Crippen LogP) is 1.58. The van der Waals surface area contributed by atoms with E-state index in [0.29, 0.717) is 37.7 Å². The van der Waals surface area contributed by atoms with E-state index in [1.165, 1.54) is 4.90 Å². The van der Waals surface area contributed by atoms with E-state index in [9.17, 15) is 19.2 Å². The van der Waals surface area contributed by atoms with Crippen molar-refractivity contribution in [2.24, 2.45) is 5.92 Å². The molecule has 0 saturated carbocycles. The molecule has 1 aromatic carbocycles. The van der Waals surface area contributed by atoms with Crippen LogP contribution in [-0.4, -0.2) is 86.8 Å². The summed E-state index contributed by atoms with van der Waals surface area (Å²) in [5.41, 5.74) is 0.452. The Morgan fingerprint density at radius 3 is 2.31 bits per heavy atom. The number of likely N-dealkylation sites (tertiary alicyclic amines) is 1. The number of carbonyl (C=O) groups excluding carboxylic acids is 4. The van der Waals surface area contributed by atoms with Gasteiger partial charge in [-0.3, -0.25) is 14.4 Å². The third-order valence-electron chi connectivity index (χ3n) is 4.95. The first kappa shape index (κ1) is 28.5. The number of hydrogen-bond donors (Lipinski definition) is 2. The molecule has 194 valence electrons. The van der Waals surface area contributed by atoms with Crippen LogP contribution in [0.4, 0.5) is 4.79 Å². The van der Waals surface area contributed by atoms with Crippen molar-refractivity contribution in [1.82, 2.24) is 15.5 Å². The number of alkyl carbamates (subject to hydrolysis) is 1. The lowest BCUT2D eigenvalue weighted by Gasteiger charge is -2.19. The molecule has 2 rings (SSSR count). The number of rotatable bonds is 13. The van der Waals surface area contributed by atoms with E-state index in [1.807, 2.05) is 12.1 Å². The van der Waals surface area contributed by atoms with E-state index in [-0.39, 0.29) is 26.3 Å². The van der Waals surface area contributed by atoms with Crippen molar-refractivity contribution in [3.05, 3.63) is 34.9 Å². The Morgan fingerprint density at radius 2 is 1.66 bits per heavy atom. The molecule has 1 atom stereocenters. The van der Waals surface area contributed by atoms with E-state index < -0.39 is 35.2 Å². The molecule has 1 heterocycles. The first-order valence-electron chi connectivity index (χ1n) is 11.5. The van der Waals surface area contributed by atoms with Gasteiger partial charge >= 0.3 is 6.09 Å². The number of carbonyl (C=O) groups is 4. The lowest BCUT2D eigenvalue weighted by Crippen LogP contribution is -2.36. The quantitative estimate of drug-likeness (QED) is 0.234. The second-order valence-electron chi connectivity index (χ2n) is 8.99. The molecule has 11 heteroatoms. The number of halogens is 1. The fourth-order valence-corrected chi connectivity index (χ4v) is 3.35. The molecule has 2 N–H and O–H groups in total. The van der Waals surface area contributed by atoms with Crippen LogP contribution in [0.2, 0.25) is 5.02 Å². The fourth-order valence-electron chi connectivity index (χ4n) is 3.23. The summed E-state index contributed by atoms with van der Waals surface area (Å²) in [6, 6.07) is 7.28. The van der Waals surface area contributed by atoms with Crippen molar-refractivity contribution < 1.29 is 33.4 Å². The molecule has 1 aromatic rings. The Bertz CT molecular complexity index is 871. The van der Waals surface area contributed by atoms with Crippen LogP contribution in [0.3, 0.4) is 0 Å². The summed E-state index contributed by atoms with van der Waals surface area (Å²) in [7, 11) is 0. The summed E-state index contributed by atoms with van der Waals surface area (Å²) >= 11 is 5.86. The van der Waals surface area contributed by atoms with E-state index in [4.69, 9.17) is 25.8 Å². The Labute approximate surface area is 210 Å². The average Bonchev–Trinajstić information content (AvgIpc) is 3.06. The fraction of sp³-hybridized carbons (Fsp3) is 0.583. The molecule has 1 saturated heterocycles. The van der Waals surface area contributed by atoms with Gasteiger partial charge in [-0.1, -0.05) is 23.7 Å². The van der Waals surface area contributed by atoms with Gasteiger partial charge in [0, 0.05) is 31.2 Å². The Balaban J connectivity index is 1.55. The number of benzene rings is 1. The van der Waals surface area contributed by atoms with E-state index in [1.54, 1.807) is 32.9 Å². The standard InChI is InChI=1S/C24H34ClN3O7/c1-24(2,3)35-23(32)27-10-12-33-14-15-34-13-11-28-16-19(20(29)22(28)31)21(30)26-9-8-17-4-6-18(25)7-5-17/h4-7,19H,8-16H2,1-3H3,(H,26,30)(H,27,32). The number of ether oxygens (including phenoxy) is 3. The number of nitrogens with one attached hydrogen (secondary N) is 2. The summed E-state index contributed by atoms with van der Waals surface area (Å²) in [6.07, 6.45) is 0.0878. The third-order valence-corrected chi connectivity index (χ3v) is 5.20. The maximum atomic E-state index is 12.4. The van der Waals surface area contributed by atoms with Gasteiger partial charge in [0.25, 0.3) is 5.91 Å². The van der Waals surface area contributed by atoms with Gasteiger partial charge in [-0.2, -0.15) is 0 Å². The first-order chi connectivity index (χ1) is 16.6. The van der Waals surface area contributed by atoms with Gasteiger partial charge in [-0.15, -0.1) is 0 Å². The minimum absolute atomic E-state index is 0.0423. The Hall–Kier alpha value is -2.69. The number of ketones is 1. The Kier molecular flexibility index (Phi) is 11.4. The number of amides is 3. The Morgan fingerprint density at radius 1 is 1.00 bits per heavy atom. The zero-order valence-corrected chi connectivity index (χ0v) is 21.2. The second-order valence-corrected chi connectivity index (χ2v) is 9.43. The minimum Gasteiger partial charge on any atom is -0.444 e. The largest absolute Gasteiger partial charge is 0.444 e. The summed E-state index contributed by atoms with van der Waals surface area (Å²) in [6.45, 7) is 7.37. The minimum atomic E-state index is -1.01. The zero-order chi connectivity index (χ0) is 25.8. The van der Waals surface area contributed by atoms with Crippen LogP contribution in [0, 0.1) is 5.92 Å². The maximum absolute atomic E-state index is 12.4. The van der Waals surface area contributed by atoms with Crippen molar-refractivity contribution in [3.63, 3.8) is 0 Å². The highest BCUT2D eigenvalue weighted by atomic mass is 35.5. The molecule has 35 heavy (non-hydrogen) atoms. The monoisotopic (exact) mass is 511 g/mol. The predicted molar refractivity (Wildman–Crippen MR) is 129 cm³/mol. The van der Waals surface area contributed by atoms with E-state index in [0.717, 1.165) is 5.56 Å². The number of Topliss-reactive ketones (excluding diaryl/α,β-unsaturated/α-hetero) is 1. The van der Waals surface area contributed by atoms with E-state index in [2.05, 4.69) is 10.6 Å². The van der Waals surface area contributed by atoms with Gasteiger partial charge in [0.15, 0.2) is 0 Å². The molecule has 0 aliphatic carbocycles. The third kappa shape index (κ3) is 10.6. The second kappa shape index (κ2) is 14.0. The molecule has 1 aliphatic heterocycles. The van der Waals surface area contributed by atoms with Gasteiger partial charge in [0.05, 0.1) is 26.4 Å². The molecule has 1 aliphatic rings. The molecule has 0 spiro atoms. The molecule has 1 fully saturated rings. The van der Waals surface area contributed by atoms with Crippen LogP contribution in [-0.2, 0) is 35.0 Å². The van der Waals surface area contributed by atoms with Gasteiger partial charge in [-0.25, -0.2) is 4.79 Å². The molecule has 10 nitrogen and oxygen atoms in total. The van der Waals surface area contributed by atoms with Crippen molar-refractivity contribution >= 4 is 35.3 Å². The van der Waals surface area contributed by atoms with Gasteiger partial charge in [0.2, 0.25) is 11.7 Å². The topological polar surface area (TPSA) is 123 Å². The molecule has 1 unspecified atom stereocenters. The lowest BCUT2D eigenvalue weighted by atomic mass is 10.1. The number of hydrogen-bond acceptors (Lipinski definition) is 7. The van der Waals surface area contributed by atoms with Crippen LogP contribution in [0.1, 0.15) is 26.3 Å². The van der Waals surface area contributed by atoms with Gasteiger partial charge in [0.1, 0.15) is 11.5 Å². The molecule has 0 bridgehead atoms. The van der Waals surface area contributed by atoms with Crippen molar-refractivity contribution in [3.8, 4) is 0 Å². The smallest absolute Gasteiger partial charge is 0.407 e. The average molecular weight is 512 g/mol. The lowest BCUT2D eigenvalue weighted by molar-refractivity contribution is -0.142. The summed E-state index contributed by atoms with van der Waals surface area (Å²) < 4.78 is 15.9. The first-order valence-corrected chi connectivity index (χ1v) is 11.9.